The zero-order valence-electron chi connectivity index (χ0n) is 11.1. The molecule has 21 heavy (non-hydrogen) atoms. The van der Waals surface area contributed by atoms with E-state index in [9.17, 15) is 8.78 Å². The second kappa shape index (κ2) is 8.03. The molecule has 0 N–H and O–H groups in total. The first-order valence-corrected chi connectivity index (χ1v) is 6.63. The molecule has 1 aliphatic heterocycles. The fraction of sp³-hybridized carbons (Fsp3) is 0.125. The Labute approximate surface area is 156 Å². The van der Waals surface area contributed by atoms with Gasteiger partial charge in [-0.2, -0.15) is 12.2 Å². The molecule has 2 rings (SSSR count). The summed E-state index contributed by atoms with van der Waals surface area (Å²) in [5.74, 6) is 2.43. The molecule has 1 radical (unpaired) electrons. The molecule has 0 saturated heterocycles. The van der Waals surface area contributed by atoms with Crippen molar-refractivity contribution >= 4 is 21.6 Å². The molecule has 0 spiro atoms. The van der Waals surface area contributed by atoms with Crippen LogP contribution in [0.25, 0.3) is 5.70 Å². The molecule has 1 heterocycles. The van der Waals surface area contributed by atoms with Crippen molar-refractivity contribution in [1.82, 2.24) is 4.90 Å². The van der Waals surface area contributed by atoms with Crippen LogP contribution < -0.4 is 0 Å². The van der Waals surface area contributed by atoms with Gasteiger partial charge in [-0.3, -0.25) is 0 Å². The monoisotopic (exact) mass is 423 g/mol. The Morgan fingerprint density at radius 2 is 1.95 bits per heavy atom. The predicted octanol–water partition coefficient (Wildman–Crippen LogP) is 4.24. The van der Waals surface area contributed by atoms with Crippen LogP contribution in [-0.4, -0.2) is 17.9 Å². The van der Waals surface area contributed by atoms with Gasteiger partial charge in [0.25, 0.3) is 6.43 Å². The number of rotatable bonds is 3. The molecule has 1 aliphatic rings. The van der Waals surface area contributed by atoms with Crippen molar-refractivity contribution in [1.29, 1.82) is 0 Å². The molecular weight excluding hydrogens is 413 g/mol. The Morgan fingerprint density at radius 3 is 2.48 bits per heavy atom. The van der Waals surface area contributed by atoms with Gasteiger partial charge in [-0.1, -0.05) is 51.5 Å². The Bertz CT molecular complexity index is 627. The molecule has 0 unspecified atom stereocenters. The van der Waals surface area contributed by atoms with Crippen LogP contribution in [0.2, 0.25) is 0 Å². The summed E-state index contributed by atoms with van der Waals surface area (Å²) < 4.78 is 26.5. The second-order valence-electron chi connectivity index (χ2n) is 4.15. The van der Waals surface area contributed by atoms with Crippen LogP contribution in [0.1, 0.15) is 5.56 Å². The van der Waals surface area contributed by atoms with Gasteiger partial charge in [0.05, 0.1) is 6.54 Å². The minimum absolute atomic E-state index is 0. The summed E-state index contributed by atoms with van der Waals surface area (Å²) in [7, 11) is 0. The molecule has 1 aromatic rings. The summed E-state index contributed by atoms with van der Waals surface area (Å²) in [6.45, 7) is 3.34. The van der Waals surface area contributed by atoms with E-state index in [-0.39, 0.29) is 32.7 Å². The number of alkyl halides is 2. The first kappa shape index (κ1) is 18.3. The Kier molecular flexibility index (Phi) is 6.99. The van der Waals surface area contributed by atoms with Crippen molar-refractivity contribution in [3.63, 3.8) is 0 Å². The van der Waals surface area contributed by atoms with Crippen LogP contribution >= 0.6 is 15.9 Å². The second-order valence-corrected chi connectivity index (χ2v) is 5.07. The topological polar surface area (TPSA) is 3.24 Å². The molecule has 0 aliphatic carbocycles. The summed E-state index contributed by atoms with van der Waals surface area (Å²) >= 11 is 3.34. The number of benzene rings is 1. The average Bonchev–Trinajstić information content (AvgIpc) is 2.42. The summed E-state index contributed by atoms with van der Waals surface area (Å²) in [5.41, 5.74) is 2.18. The van der Waals surface area contributed by atoms with E-state index in [4.69, 9.17) is 6.42 Å². The first-order chi connectivity index (χ1) is 9.52. The summed E-state index contributed by atoms with van der Waals surface area (Å²) in [4.78, 5) is 1.41. The molecule has 105 valence electrons. The van der Waals surface area contributed by atoms with Gasteiger partial charge in [-0.05, 0) is 5.70 Å². The summed E-state index contributed by atoms with van der Waals surface area (Å²) in [6, 6.07) is 7.33. The number of halogens is 3. The fourth-order valence-corrected chi connectivity index (χ4v) is 2.16. The van der Waals surface area contributed by atoms with E-state index >= 15 is 0 Å². The van der Waals surface area contributed by atoms with Crippen LogP contribution in [-0.2, 0) is 32.7 Å². The maximum atomic E-state index is 12.8. The molecule has 0 fully saturated rings. The SMILES string of the molecule is C#CC1=C[C-]=C(c2ccc(Br)cc2)N(CC(F)F)C1=C.[Y]. The van der Waals surface area contributed by atoms with Crippen molar-refractivity contribution < 1.29 is 41.5 Å². The van der Waals surface area contributed by atoms with E-state index in [0.29, 0.717) is 17.0 Å². The molecule has 0 amide bonds. The number of hydrogen-bond donors (Lipinski definition) is 0. The molecule has 1 aromatic carbocycles. The van der Waals surface area contributed by atoms with Crippen molar-refractivity contribution in [2.45, 2.75) is 6.43 Å². The molecule has 1 nitrogen and oxygen atoms in total. The largest absolute Gasteiger partial charge is 0.369 e. The van der Waals surface area contributed by atoms with Gasteiger partial charge < -0.3 is 4.90 Å². The molecular formula is C16H11BrF2NY-. The molecule has 0 atom stereocenters. The smallest absolute Gasteiger partial charge is 0.256 e. The predicted molar refractivity (Wildman–Crippen MR) is 79.6 cm³/mol. The van der Waals surface area contributed by atoms with Crippen LogP contribution in [0.4, 0.5) is 8.78 Å². The Balaban J connectivity index is 0.00000220. The molecule has 0 aromatic heterocycles. The zero-order valence-corrected chi connectivity index (χ0v) is 15.5. The van der Waals surface area contributed by atoms with Gasteiger partial charge in [0.15, 0.2) is 0 Å². The minimum Gasteiger partial charge on any atom is -0.369 e. The van der Waals surface area contributed by atoms with Crippen LogP contribution in [0.15, 0.2) is 52.7 Å². The van der Waals surface area contributed by atoms with E-state index in [1.165, 1.54) is 4.90 Å². The number of allylic oxidation sites excluding steroid dienone is 3. The third-order valence-corrected chi connectivity index (χ3v) is 3.38. The number of nitrogens with zero attached hydrogens (tertiary/aromatic N) is 1. The van der Waals surface area contributed by atoms with Gasteiger partial charge in [0, 0.05) is 37.2 Å². The molecule has 0 bridgehead atoms. The van der Waals surface area contributed by atoms with Crippen LogP contribution in [0.3, 0.4) is 0 Å². The third-order valence-electron chi connectivity index (χ3n) is 2.85. The maximum Gasteiger partial charge on any atom is 0.256 e. The van der Waals surface area contributed by atoms with E-state index in [0.717, 1.165) is 10.0 Å². The van der Waals surface area contributed by atoms with Gasteiger partial charge in [-0.15, -0.1) is 24.5 Å². The van der Waals surface area contributed by atoms with Gasteiger partial charge in [0.2, 0.25) is 0 Å². The summed E-state index contributed by atoms with van der Waals surface area (Å²) in [5, 5.41) is 0. The third kappa shape index (κ3) is 4.36. The van der Waals surface area contributed by atoms with Crippen LogP contribution in [0.5, 0.6) is 0 Å². The van der Waals surface area contributed by atoms with Crippen molar-refractivity contribution in [3.05, 3.63) is 64.3 Å². The normalized spacial score (nSPS) is 14.2. The molecule has 0 saturated carbocycles. The fourth-order valence-electron chi connectivity index (χ4n) is 1.89. The maximum absolute atomic E-state index is 12.8. The van der Waals surface area contributed by atoms with E-state index in [2.05, 4.69) is 34.5 Å². The number of terminal acetylenes is 1. The van der Waals surface area contributed by atoms with Crippen molar-refractivity contribution in [2.75, 3.05) is 6.54 Å². The van der Waals surface area contributed by atoms with Gasteiger partial charge in [0.1, 0.15) is 0 Å². The van der Waals surface area contributed by atoms with Crippen molar-refractivity contribution in [2.24, 2.45) is 0 Å². The van der Waals surface area contributed by atoms with Gasteiger partial charge in [-0.25, -0.2) is 8.78 Å². The van der Waals surface area contributed by atoms with Crippen molar-refractivity contribution in [3.8, 4) is 12.3 Å². The zero-order chi connectivity index (χ0) is 14.7. The molecule has 5 heteroatoms. The van der Waals surface area contributed by atoms with E-state index in [1.54, 1.807) is 6.08 Å². The van der Waals surface area contributed by atoms with Gasteiger partial charge >= 0.3 is 0 Å². The summed E-state index contributed by atoms with van der Waals surface area (Å²) in [6.07, 6.45) is 7.42. The van der Waals surface area contributed by atoms with E-state index < -0.39 is 13.0 Å². The Hall–Kier alpha value is -0.756. The number of hydrogen-bond acceptors (Lipinski definition) is 1. The first-order valence-electron chi connectivity index (χ1n) is 5.84. The minimum atomic E-state index is -2.49. The quantitative estimate of drug-likeness (QED) is 0.519. The average molecular weight is 424 g/mol. The Morgan fingerprint density at radius 1 is 1.33 bits per heavy atom. The van der Waals surface area contributed by atoms with Crippen LogP contribution in [0, 0.1) is 18.4 Å². The van der Waals surface area contributed by atoms with E-state index in [1.807, 2.05) is 24.3 Å². The standard InChI is InChI=1S/C16H11BrF2N.Y/c1-3-12-6-9-15(13-4-7-14(17)8-5-13)20(11(12)2)10-16(18)19;/h1,4-8,16H,2,10H2;/q-1;.